The molecular formula is C16H17FN2O3S. The first-order valence-corrected chi connectivity index (χ1v) is 8.27. The second-order valence-electron chi connectivity index (χ2n) is 5.74. The van der Waals surface area contributed by atoms with Crippen molar-refractivity contribution in [3.8, 4) is 0 Å². The molecule has 3 rings (SSSR count). The summed E-state index contributed by atoms with van der Waals surface area (Å²) in [6, 6.07) is 2.82. The first-order valence-electron chi connectivity index (χ1n) is 7.39. The highest BCUT2D eigenvalue weighted by Crippen LogP contribution is 2.30. The van der Waals surface area contributed by atoms with Gasteiger partial charge >= 0.3 is 5.97 Å². The topological polar surface area (TPSA) is 69.6 Å². The number of carbonyl (C=O) groups is 1. The fourth-order valence-electron chi connectivity index (χ4n) is 3.04. The molecule has 1 unspecified atom stereocenters. The van der Waals surface area contributed by atoms with Gasteiger partial charge in [0.05, 0.1) is 5.69 Å². The van der Waals surface area contributed by atoms with E-state index >= 15 is 0 Å². The van der Waals surface area contributed by atoms with Crippen molar-refractivity contribution < 1.29 is 14.3 Å². The zero-order valence-corrected chi connectivity index (χ0v) is 13.5. The molecular weight excluding hydrogens is 319 g/mol. The second-order valence-corrected chi connectivity index (χ2v) is 6.65. The van der Waals surface area contributed by atoms with Crippen molar-refractivity contribution >= 4 is 33.1 Å². The predicted molar refractivity (Wildman–Crippen MR) is 89.3 cm³/mol. The predicted octanol–water partition coefficient (Wildman–Crippen LogP) is 2.14. The highest BCUT2D eigenvalue weighted by Gasteiger charge is 2.25. The third kappa shape index (κ3) is 2.94. The van der Waals surface area contributed by atoms with E-state index in [1.165, 1.54) is 11.4 Å². The third-order valence-electron chi connectivity index (χ3n) is 4.19. The van der Waals surface area contributed by atoms with Crippen LogP contribution >= 0.6 is 11.3 Å². The van der Waals surface area contributed by atoms with Gasteiger partial charge in [-0.2, -0.15) is 0 Å². The molecule has 0 bridgehead atoms. The van der Waals surface area contributed by atoms with Crippen molar-refractivity contribution in [2.24, 2.45) is 5.92 Å². The van der Waals surface area contributed by atoms with Gasteiger partial charge in [-0.15, -0.1) is 11.3 Å². The molecule has 1 aliphatic rings. The van der Waals surface area contributed by atoms with Crippen molar-refractivity contribution in [2.75, 3.05) is 31.6 Å². The summed E-state index contributed by atoms with van der Waals surface area (Å²) in [6.07, 6.45) is 0.993. The van der Waals surface area contributed by atoms with Crippen molar-refractivity contribution in [1.82, 2.24) is 5.32 Å². The summed E-state index contributed by atoms with van der Waals surface area (Å²) in [5.41, 5.74) is -0.467. The Morgan fingerprint density at radius 1 is 1.52 bits per heavy atom. The van der Waals surface area contributed by atoms with Crippen molar-refractivity contribution in [2.45, 2.75) is 6.42 Å². The number of rotatable bonds is 4. The molecule has 0 amide bonds. The molecule has 1 aromatic heterocycles. The number of halogens is 1. The molecule has 2 heterocycles. The number of aromatic carboxylic acids is 1. The van der Waals surface area contributed by atoms with Crippen LogP contribution < -0.4 is 15.6 Å². The van der Waals surface area contributed by atoms with Gasteiger partial charge in [0.15, 0.2) is 0 Å². The molecule has 0 aliphatic carbocycles. The number of carboxylic acid groups (broad SMARTS) is 1. The van der Waals surface area contributed by atoms with Crippen LogP contribution in [-0.4, -0.2) is 37.8 Å². The summed E-state index contributed by atoms with van der Waals surface area (Å²) >= 11 is 1.15. The van der Waals surface area contributed by atoms with Crippen LogP contribution in [0.5, 0.6) is 0 Å². The number of anilines is 1. The molecule has 5 nitrogen and oxygen atoms in total. The minimum absolute atomic E-state index is 0.127. The molecule has 1 aromatic carbocycles. The summed E-state index contributed by atoms with van der Waals surface area (Å²) in [7, 11) is 1.90. The average Bonchev–Trinajstić information content (AvgIpc) is 2.96. The molecule has 0 radical (unpaired) electrons. The second kappa shape index (κ2) is 6.25. The van der Waals surface area contributed by atoms with Crippen molar-refractivity contribution in [3.63, 3.8) is 0 Å². The van der Waals surface area contributed by atoms with E-state index in [-0.39, 0.29) is 10.9 Å². The first-order chi connectivity index (χ1) is 11.0. The number of nitrogens with zero attached hydrogens (tertiary/aromatic N) is 1. The van der Waals surface area contributed by atoms with Crippen LogP contribution in [0, 0.1) is 11.7 Å². The molecule has 2 N–H and O–H groups in total. The Hall–Kier alpha value is -1.99. The Balaban J connectivity index is 2.01. The maximum atomic E-state index is 14.5. The van der Waals surface area contributed by atoms with Gasteiger partial charge in [0.2, 0.25) is 5.43 Å². The summed E-state index contributed by atoms with van der Waals surface area (Å²) in [6.45, 7) is 2.43. The smallest absolute Gasteiger partial charge is 0.340 e. The molecule has 122 valence electrons. The Kier molecular flexibility index (Phi) is 4.32. The van der Waals surface area contributed by atoms with Gasteiger partial charge in [-0.05, 0) is 38.1 Å². The number of benzene rings is 1. The Morgan fingerprint density at radius 2 is 2.30 bits per heavy atom. The fourth-order valence-corrected chi connectivity index (χ4v) is 3.95. The molecule has 1 atom stereocenters. The van der Waals surface area contributed by atoms with E-state index in [2.05, 4.69) is 5.32 Å². The lowest BCUT2D eigenvalue weighted by Gasteiger charge is -2.20. The normalized spacial score (nSPS) is 17.8. The van der Waals surface area contributed by atoms with Crippen LogP contribution in [-0.2, 0) is 0 Å². The summed E-state index contributed by atoms with van der Waals surface area (Å²) in [4.78, 5) is 25.1. The van der Waals surface area contributed by atoms with E-state index in [1.807, 2.05) is 11.9 Å². The van der Waals surface area contributed by atoms with Crippen LogP contribution in [0.25, 0.3) is 10.1 Å². The van der Waals surface area contributed by atoms with Crippen LogP contribution in [0.15, 0.2) is 22.3 Å². The van der Waals surface area contributed by atoms with Crippen LogP contribution in [0.1, 0.15) is 16.8 Å². The summed E-state index contributed by atoms with van der Waals surface area (Å²) in [5, 5.41) is 13.6. The molecule has 1 aliphatic heterocycles. The van der Waals surface area contributed by atoms with Crippen LogP contribution in [0.4, 0.5) is 10.1 Å². The molecule has 2 aromatic rings. The fraction of sp³-hybridized carbons (Fsp3) is 0.375. The number of carboxylic acids is 1. The minimum atomic E-state index is -1.29. The Bertz CT molecular complexity index is 821. The lowest BCUT2D eigenvalue weighted by molar-refractivity contribution is 0.0696. The largest absolute Gasteiger partial charge is 0.478 e. The van der Waals surface area contributed by atoms with E-state index in [1.54, 1.807) is 6.07 Å². The van der Waals surface area contributed by atoms with Crippen molar-refractivity contribution in [3.05, 3.63) is 39.1 Å². The Labute approximate surface area is 136 Å². The minimum Gasteiger partial charge on any atom is -0.478 e. The summed E-state index contributed by atoms with van der Waals surface area (Å²) < 4.78 is 15.1. The SMILES string of the molecule is CNCC1CCN(c2cc3scc(C(=O)O)c(=O)c3cc2F)C1. The van der Waals surface area contributed by atoms with E-state index in [0.29, 0.717) is 16.3 Å². The monoisotopic (exact) mass is 336 g/mol. The van der Waals surface area contributed by atoms with Gasteiger partial charge in [0.1, 0.15) is 11.4 Å². The van der Waals surface area contributed by atoms with Crippen LogP contribution in [0.2, 0.25) is 0 Å². The lowest BCUT2D eigenvalue weighted by Crippen LogP contribution is -2.25. The quantitative estimate of drug-likeness (QED) is 0.895. The third-order valence-corrected chi connectivity index (χ3v) is 5.14. The van der Waals surface area contributed by atoms with E-state index in [0.717, 1.165) is 37.4 Å². The Morgan fingerprint density at radius 3 is 3.00 bits per heavy atom. The van der Waals surface area contributed by atoms with Gasteiger partial charge in [0, 0.05) is 28.6 Å². The molecule has 1 fully saturated rings. The van der Waals surface area contributed by atoms with E-state index in [4.69, 9.17) is 5.11 Å². The van der Waals surface area contributed by atoms with E-state index in [9.17, 15) is 14.0 Å². The lowest BCUT2D eigenvalue weighted by atomic mass is 10.1. The maximum absolute atomic E-state index is 14.5. The van der Waals surface area contributed by atoms with Gasteiger partial charge in [-0.3, -0.25) is 4.79 Å². The molecule has 23 heavy (non-hydrogen) atoms. The highest BCUT2D eigenvalue weighted by molar-refractivity contribution is 7.16. The van der Waals surface area contributed by atoms with Gasteiger partial charge in [0.25, 0.3) is 0 Å². The standard InChI is InChI=1S/C16H17FN2O3S/c1-18-6-9-2-3-19(7-9)13-5-14-10(4-12(13)17)15(20)11(8-23-14)16(21)22/h4-5,8-9,18H,2-3,6-7H2,1H3,(H,21,22). The maximum Gasteiger partial charge on any atom is 0.340 e. The average molecular weight is 336 g/mol. The molecule has 0 saturated carbocycles. The first kappa shape index (κ1) is 15.9. The molecule has 0 spiro atoms. The zero-order valence-electron chi connectivity index (χ0n) is 12.6. The number of nitrogens with one attached hydrogen (secondary N) is 1. The summed E-state index contributed by atoms with van der Waals surface area (Å²) in [5.74, 6) is -1.29. The van der Waals surface area contributed by atoms with Crippen molar-refractivity contribution in [1.29, 1.82) is 0 Å². The van der Waals surface area contributed by atoms with Gasteiger partial charge < -0.3 is 15.3 Å². The number of fused-ring (bicyclic) bond motifs is 1. The zero-order chi connectivity index (χ0) is 16.6. The van der Waals surface area contributed by atoms with E-state index < -0.39 is 17.2 Å². The highest BCUT2D eigenvalue weighted by atomic mass is 32.1. The van der Waals surface area contributed by atoms with Crippen LogP contribution in [0.3, 0.4) is 0 Å². The number of hydrogen-bond donors (Lipinski definition) is 2. The molecule has 1 saturated heterocycles. The number of hydrogen-bond acceptors (Lipinski definition) is 5. The van der Waals surface area contributed by atoms with Gasteiger partial charge in [-0.1, -0.05) is 0 Å². The van der Waals surface area contributed by atoms with Gasteiger partial charge in [-0.25, -0.2) is 9.18 Å². The molecule has 7 heteroatoms.